The molecule has 0 radical (unpaired) electrons. The van der Waals surface area contributed by atoms with Gasteiger partial charge in [0.25, 0.3) is 0 Å². The van der Waals surface area contributed by atoms with E-state index in [-0.39, 0.29) is 11.9 Å². The third-order valence-electron chi connectivity index (χ3n) is 3.80. The lowest BCUT2D eigenvalue weighted by atomic mass is 9.74. The molecule has 1 nitrogen and oxygen atoms in total. The summed E-state index contributed by atoms with van der Waals surface area (Å²) in [6, 6.07) is 15.0. The van der Waals surface area contributed by atoms with E-state index in [0.717, 1.165) is 18.4 Å². The van der Waals surface area contributed by atoms with E-state index in [0.29, 0.717) is 5.92 Å². The number of hydrogen-bond donors (Lipinski definition) is 1. The van der Waals surface area contributed by atoms with Crippen LogP contribution in [0.1, 0.15) is 35.1 Å². The predicted molar refractivity (Wildman–Crippen MR) is 70.8 cm³/mol. The highest BCUT2D eigenvalue weighted by Gasteiger charge is 2.27. The molecule has 2 N–H and O–H groups in total. The molecular formula is C16H16FN. The van der Waals surface area contributed by atoms with Crippen LogP contribution in [0.15, 0.2) is 48.5 Å². The van der Waals surface area contributed by atoms with Crippen molar-refractivity contribution < 1.29 is 4.39 Å². The molecule has 0 saturated heterocycles. The maximum Gasteiger partial charge on any atom is 0.123 e. The van der Waals surface area contributed by atoms with Crippen LogP contribution in [0.2, 0.25) is 0 Å². The highest BCUT2D eigenvalue weighted by Crippen LogP contribution is 2.39. The zero-order chi connectivity index (χ0) is 12.5. The zero-order valence-corrected chi connectivity index (χ0v) is 10.1. The van der Waals surface area contributed by atoms with Gasteiger partial charge in [0.2, 0.25) is 0 Å². The van der Waals surface area contributed by atoms with E-state index in [2.05, 4.69) is 24.3 Å². The van der Waals surface area contributed by atoms with Gasteiger partial charge in [-0.15, -0.1) is 0 Å². The van der Waals surface area contributed by atoms with Crippen molar-refractivity contribution in [2.45, 2.75) is 24.8 Å². The molecule has 2 aromatic carbocycles. The van der Waals surface area contributed by atoms with E-state index >= 15 is 0 Å². The van der Waals surface area contributed by atoms with Gasteiger partial charge in [0.15, 0.2) is 0 Å². The largest absolute Gasteiger partial charge is 0.324 e. The molecule has 0 fully saturated rings. The third-order valence-corrected chi connectivity index (χ3v) is 3.80. The molecule has 2 unspecified atom stereocenters. The Morgan fingerprint density at radius 2 is 1.83 bits per heavy atom. The number of rotatable bonds is 3. The van der Waals surface area contributed by atoms with Crippen molar-refractivity contribution in [3.8, 4) is 0 Å². The third kappa shape index (κ3) is 2.04. The number of fused-ring (bicyclic) bond motifs is 1. The summed E-state index contributed by atoms with van der Waals surface area (Å²) in [7, 11) is 0. The first-order valence-corrected chi connectivity index (χ1v) is 6.33. The summed E-state index contributed by atoms with van der Waals surface area (Å²) < 4.78 is 12.8. The second kappa shape index (κ2) is 4.54. The van der Waals surface area contributed by atoms with E-state index in [1.807, 2.05) is 0 Å². The normalized spacial score (nSPS) is 18.9. The lowest BCUT2D eigenvalue weighted by Crippen LogP contribution is -2.22. The highest BCUT2D eigenvalue weighted by molar-refractivity contribution is 5.40. The quantitative estimate of drug-likeness (QED) is 0.873. The van der Waals surface area contributed by atoms with Crippen LogP contribution >= 0.6 is 0 Å². The maximum atomic E-state index is 12.8. The summed E-state index contributed by atoms with van der Waals surface area (Å²) in [4.78, 5) is 0. The van der Waals surface area contributed by atoms with Crippen molar-refractivity contribution in [1.82, 2.24) is 0 Å². The summed E-state index contributed by atoms with van der Waals surface area (Å²) in [5, 5.41) is 0. The molecule has 0 aliphatic heterocycles. The van der Waals surface area contributed by atoms with Crippen molar-refractivity contribution in [1.29, 1.82) is 0 Å². The van der Waals surface area contributed by atoms with Crippen LogP contribution in [-0.2, 0) is 6.42 Å². The lowest BCUT2D eigenvalue weighted by molar-refractivity contribution is 0.498. The number of benzene rings is 2. The molecule has 3 rings (SSSR count). The van der Waals surface area contributed by atoms with Crippen LogP contribution in [0.25, 0.3) is 0 Å². The van der Waals surface area contributed by atoms with Crippen LogP contribution in [0.3, 0.4) is 0 Å². The molecule has 18 heavy (non-hydrogen) atoms. The van der Waals surface area contributed by atoms with Crippen LogP contribution in [0.4, 0.5) is 4.39 Å². The minimum atomic E-state index is -0.208. The van der Waals surface area contributed by atoms with E-state index in [1.165, 1.54) is 23.3 Å². The first-order valence-electron chi connectivity index (χ1n) is 6.33. The van der Waals surface area contributed by atoms with Gasteiger partial charge >= 0.3 is 0 Å². The van der Waals surface area contributed by atoms with Gasteiger partial charge in [-0.1, -0.05) is 36.4 Å². The molecule has 92 valence electrons. The van der Waals surface area contributed by atoms with Gasteiger partial charge in [-0.25, -0.2) is 4.39 Å². The van der Waals surface area contributed by atoms with E-state index < -0.39 is 0 Å². The van der Waals surface area contributed by atoms with Crippen LogP contribution < -0.4 is 5.73 Å². The molecule has 0 saturated carbocycles. The SMILES string of the molecule is NC(CC1Cc2ccccc21)c1ccc(F)cc1. The highest BCUT2D eigenvalue weighted by atomic mass is 19.1. The Hall–Kier alpha value is -1.67. The Morgan fingerprint density at radius 3 is 2.56 bits per heavy atom. The molecule has 0 aromatic heterocycles. The summed E-state index contributed by atoms with van der Waals surface area (Å²) in [6.45, 7) is 0. The summed E-state index contributed by atoms with van der Waals surface area (Å²) >= 11 is 0. The Bertz CT molecular complexity index is 547. The summed E-state index contributed by atoms with van der Waals surface area (Å²) in [6.07, 6.45) is 2.05. The van der Waals surface area contributed by atoms with E-state index in [4.69, 9.17) is 5.73 Å². The van der Waals surface area contributed by atoms with Gasteiger partial charge in [-0.05, 0) is 47.6 Å². The first-order chi connectivity index (χ1) is 8.74. The maximum absolute atomic E-state index is 12.8. The molecule has 0 spiro atoms. The molecule has 1 aliphatic carbocycles. The second-order valence-electron chi connectivity index (χ2n) is 4.99. The van der Waals surface area contributed by atoms with Crippen molar-refractivity contribution in [3.63, 3.8) is 0 Å². The molecular weight excluding hydrogens is 225 g/mol. The van der Waals surface area contributed by atoms with Crippen LogP contribution in [0.5, 0.6) is 0 Å². The van der Waals surface area contributed by atoms with Crippen molar-refractivity contribution in [2.75, 3.05) is 0 Å². The zero-order valence-electron chi connectivity index (χ0n) is 10.1. The van der Waals surface area contributed by atoms with Crippen molar-refractivity contribution in [3.05, 3.63) is 71.0 Å². The van der Waals surface area contributed by atoms with Gasteiger partial charge in [0.05, 0.1) is 0 Å². The van der Waals surface area contributed by atoms with Gasteiger partial charge in [0.1, 0.15) is 5.82 Å². The number of halogens is 1. The van der Waals surface area contributed by atoms with Gasteiger partial charge in [-0.2, -0.15) is 0 Å². The molecule has 2 atom stereocenters. The average Bonchev–Trinajstić information content (AvgIpc) is 2.36. The lowest BCUT2D eigenvalue weighted by Gasteiger charge is -2.32. The first kappa shape index (κ1) is 11.4. The van der Waals surface area contributed by atoms with Crippen LogP contribution in [-0.4, -0.2) is 0 Å². The smallest absolute Gasteiger partial charge is 0.123 e. The topological polar surface area (TPSA) is 26.0 Å². The fraction of sp³-hybridized carbons (Fsp3) is 0.250. The molecule has 0 amide bonds. The van der Waals surface area contributed by atoms with E-state index in [1.54, 1.807) is 12.1 Å². The monoisotopic (exact) mass is 241 g/mol. The summed E-state index contributed by atoms with van der Waals surface area (Å²) in [5.41, 5.74) is 10.1. The standard InChI is InChI=1S/C16H16FN/c17-14-7-5-11(6-8-14)16(18)10-13-9-12-3-1-2-4-15(12)13/h1-8,13,16H,9-10,18H2. The fourth-order valence-corrected chi connectivity index (χ4v) is 2.73. The molecule has 2 heteroatoms. The van der Waals surface area contributed by atoms with Crippen molar-refractivity contribution in [2.24, 2.45) is 5.73 Å². The minimum Gasteiger partial charge on any atom is -0.324 e. The number of hydrogen-bond acceptors (Lipinski definition) is 1. The van der Waals surface area contributed by atoms with Gasteiger partial charge in [-0.3, -0.25) is 0 Å². The molecule has 0 bridgehead atoms. The Kier molecular flexibility index (Phi) is 2.88. The average molecular weight is 241 g/mol. The predicted octanol–water partition coefficient (Wildman–Crippen LogP) is 3.56. The molecule has 1 aliphatic rings. The van der Waals surface area contributed by atoms with Gasteiger partial charge < -0.3 is 5.73 Å². The van der Waals surface area contributed by atoms with Crippen molar-refractivity contribution >= 4 is 0 Å². The Balaban J connectivity index is 1.70. The summed E-state index contributed by atoms with van der Waals surface area (Å²) in [5.74, 6) is 0.348. The molecule has 2 aromatic rings. The van der Waals surface area contributed by atoms with E-state index in [9.17, 15) is 4.39 Å². The van der Waals surface area contributed by atoms with Gasteiger partial charge in [0, 0.05) is 6.04 Å². The Morgan fingerprint density at radius 1 is 1.11 bits per heavy atom. The van der Waals surface area contributed by atoms with Crippen LogP contribution in [0, 0.1) is 5.82 Å². The molecule has 0 heterocycles. The fourth-order valence-electron chi connectivity index (χ4n) is 2.73. The second-order valence-corrected chi connectivity index (χ2v) is 4.99. The number of nitrogens with two attached hydrogens (primary N) is 1. The Labute approximate surface area is 106 Å². The minimum absolute atomic E-state index is 0.0102.